The first kappa shape index (κ1) is 11.5. The van der Waals surface area contributed by atoms with Gasteiger partial charge in [-0.1, -0.05) is 42.5 Å². The molecule has 3 heteroatoms. The number of aliphatic imine (C=N–C) groups is 1. The molecule has 1 unspecified atom stereocenters. The number of nitrogens with zero attached hydrogens (tertiary/aromatic N) is 3. The highest BCUT2D eigenvalue weighted by Crippen LogP contribution is 2.40. The molecular weight excluding hydrogens is 246 g/mol. The van der Waals surface area contributed by atoms with Crippen molar-refractivity contribution in [2.75, 3.05) is 16.3 Å². The molecule has 0 amide bonds. The quantitative estimate of drug-likeness (QED) is 0.828. The van der Waals surface area contributed by atoms with E-state index in [1.54, 1.807) is 0 Å². The Morgan fingerprint density at radius 1 is 1.00 bits per heavy atom. The molecule has 2 aromatic carbocycles. The van der Waals surface area contributed by atoms with Gasteiger partial charge in [-0.25, -0.2) is 4.99 Å². The van der Waals surface area contributed by atoms with Crippen LogP contribution in [0.4, 0.5) is 11.4 Å². The largest absolute Gasteiger partial charge is 0.308 e. The molecule has 0 radical (unpaired) electrons. The van der Waals surface area contributed by atoms with Crippen molar-refractivity contribution in [3.63, 3.8) is 0 Å². The minimum Gasteiger partial charge on any atom is -0.308 e. The number of guanidine groups is 1. The van der Waals surface area contributed by atoms with Gasteiger partial charge in [0.15, 0.2) is 0 Å². The summed E-state index contributed by atoms with van der Waals surface area (Å²) in [7, 11) is 0. The fourth-order valence-electron chi connectivity index (χ4n) is 3.03. The summed E-state index contributed by atoms with van der Waals surface area (Å²) in [6.07, 6.45) is 0. The van der Waals surface area contributed by atoms with E-state index in [9.17, 15) is 0 Å². The zero-order chi connectivity index (χ0) is 13.5. The van der Waals surface area contributed by atoms with Crippen LogP contribution >= 0.6 is 0 Å². The van der Waals surface area contributed by atoms with Crippen molar-refractivity contribution in [3.8, 4) is 0 Å². The molecule has 2 aliphatic heterocycles. The van der Waals surface area contributed by atoms with Gasteiger partial charge < -0.3 is 9.80 Å². The molecule has 20 heavy (non-hydrogen) atoms. The Morgan fingerprint density at radius 3 is 2.50 bits per heavy atom. The lowest BCUT2D eigenvalue weighted by Gasteiger charge is -2.19. The van der Waals surface area contributed by atoms with Crippen molar-refractivity contribution in [2.24, 2.45) is 4.99 Å². The maximum Gasteiger partial charge on any atom is 0.206 e. The summed E-state index contributed by atoms with van der Waals surface area (Å²) in [5, 5.41) is 0. The van der Waals surface area contributed by atoms with E-state index in [0.29, 0.717) is 6.04 Å². The van der Waals surface area contributed by atoms with Gasteiger partial charge in [-0.3, -0.25) is 0 Å². The third-order valence-electron chi connectivity index (χ3n) is 3.91. The molecule has 0 spiro atoms. The highest BCUT2D eigenvalue weighted by atomic mass is 15.5. The van der Waals surface area contributed by atoms with Crippen molar-refractivity contribution < 1.29 is 0 Å². The maximum absolute atomic E-state index is 4.81. The molecule has 0 fully saturated rings. The highest BCUT2D eigenvalue weighted by Gasteiger charge is 2.37. The molecule has 0 bridgehead atoms. The SMILES string of the molecule is CC1CN2C(=N1)N(Cc1ccccc1)c1ccccc12. The zero-order valence-corrected chi connectivity index (χ0v) is 11.5. The Labute approximate surface area is 119 Å². The summed E-state index contributed by atoms with van der Waals surface area (Å²) >= 11 is 0. The van der Waals surface area contributed by atoms with E-state index < -0.39 is 0 Å². The molecular formula is C17H17N3. The Hall–Kier alpha value is -2.29. The minimum absolute atomic E-state index is 0.372. The first-order valence-corrected chi connectivity index (χ1v) is 7.09. The Balaban J connectivity index is 1.76. The lowest BCUT2D eigenvalue weighted by atomic mass is 10.2. The Morgan fingerprint density at radius 2 is 1.70 bits per heavy atom. The average molecular weight is 263 g/mol. The van der Waals surface area contributed by atoms with E-state index >= 15 is 0 Å². The van der Waals surface area contributed by atoms with Crippen LogP contribution in [0.15, 0.2) is 59.6 Å². The van der Waals surface area contributed by atoms with Crippen molar-refractivity contribution in [3.05, 3.63) is 60.2 Å². The van der Waals surface area contributed by atoms with Crippen LogP contribution in [0.1, 0.15) is 12.5 Å². The molecule has 3 nitrogen and oxygen atoms in total. The molecule has 2 aromatic rings. The molecule has 0 aromatic heterocycles. The molecule has 0 saturated carbocycles. The van der Waals surface area contributed by atoms with Gasteiger partial charge in [0, 0.05) is 6.54 Å². The van der Waals surface area contributed by atoms with Crippen LogP contribution in [0.2, 0.25) is 0 Å². The third kappa shape index (κ3) is 1.70. The highest BCUT2D eigenvalue weighted by molar-refractivity contribution is 6.17. The fraction of sp³-hybridized carbons (Fsp3) is 0.235. The van der Waals surface area contributed by atoms with E-state index in [1.807, 2.05) is 0 Å². The van der Waals surface area contributed by atoms with E-state index in [0.717, 1.165) is 19.0 Å². The van der Waals surface area contributed by atoms with Crippen LogP contribution in [-0.4, -0.2) is 18.5 Å². The first-order valence-electron chi connectivity index (χ1n) is 7.09. The minimum atomic E-state index is 0.372. The van der Waals surface area contributed by atoms with Crippen LogP contribution in [0.25, 0.3) is 0 Å². The maximum atomic E-state index is 4.81. The van der Waals surface area contributed by atoms with E-state index in [2.05, 4.69) is 71.3 Å². The third-order valence-corrected chi connectivity index (χ3v) is 3.91. The zero-order valence-electron chi connectivity index (χ0n) is 11.5. The molecule has 0 saturated heterocycles. The molecule has 2 heterocycles. The smallest absolute Gasteiger partial charge is 0.206 e. The average Bonchev–Trinajstić information content (AvgIpc) is 2.98. The van der Waals surface area contributed by atoms with Crippen molar-refractivity contribution in [2.45, 2.75) is 19.5 Å². The van der Waals surface area contributed by atoms with Gasteiger partial charge in [0.05, 0.1) is 24.0 Å². The number of para-hydroxylation sites is 2. The topological polar surface area (TPSA) is 18.8 Å². The van der Waals surface area contributed by atoms with Gasteiger partial charge in [0.1, 0.15) is 0 Å². The predicted octanol–water partition coefficient (Wildman–Crippen LogP) is 3.27. The van der Waals surface area contributed by atoms with E-state index in [4.69, 9.17) is 4.99 Å². The van der Waals surface area contributed by atoms with Gasteiger partial charge in [0.2, 0.25) is 5.96 Å². The monoisotopic (exact) mass is 263 g/mol. The van der Waals surface area contributed by atoms with Gasteiger partial charge >= 0.3 is 0 Å². The number of hydrogen-bond donors (Lipinski definition) is 0. The van der Waals surface area contributed by atoms with Gasteiger partial charge in [-0.05, 0) is 24.6 Å². The second-order valence-electron chi connectivity index (χ2n) is 5.45. The van der Waals surface area contributed by atoms with Crippen LogP contribution in [0, 0.1) is 0 Å². The summed E-state index contributed by atoms with van der Waals surface area (Å²) in [6.45, 7) is 4.03. The Kier molecular flexibility index (Phi) is 2.52. The van der Waals surface area contributed by atoms with Crippen LogP contribution in [0.3, 0.4) is 0 Å². The van der Waals surface area contributed by atoms with E-state index in [1.165, 1.54) is 16.9 Å². The molecule has 0 aliphatic carbocycles. The van der Waals surface area contributed by atoms with Gasteiger partial charge in [-0.2, -0.15) is 0 Å². The number of anilines is 2. The number of benzene rings is 2. The summed E-state index contributed by atoms with van der Waals surface area (Å²) < 4.78 is 0. The van der Waals surface area contributed by atoms with E-state index in [-0.39, 0.29) is 0 Å². The lowest BCUT2D eigenvalue weighted by molar-refractivity contribution is 0.795. The normalized spacial score (nSPS) is 19.9. The number of hydrogen-bond acceptors (Lipinski definition) is 3. The van der Waals surface area contributed by atoms with Gasteiger partial charge in [-0.15, -0.1) is 0 Å². The first-order chi connectivity index (χ1) is 9.83. The predicted molar refractivity (Wildman–Crippen MR) is 83.3 cm³/mol. The number of rotatable bonds is 2. The van der Waals surface area contributed by atoms with Crippen molar-refractivity contribution in [1.29, 1.82) is 0 Å². The number of fused-ring (bicyclic) bond motifs is 3. The molecule has 1 atom stereocenters. The Bertz CT molecular complexity index is 663. The fourth-order valence-corrected chi connectivity index (χ4v) is 3.03. The standard InChI is InChI=1S/C17H17N3/c1-13-11-19-15-9-5-6-10-16(15)20(17(19)18-13)12-14-7-3-2-4-8-14/h2-10,13H,11-12H2,1H3. The van der Waals surface area contributed by atoms with Crippen molar-refractivity contribution >= 4 is 17.3 Å². The van der Waals surface area contributed by atoms with Crippen LogP contribution in [0.5, 0.6) is 0 Å². The summed E-state index contributed by atoms with van der Waals surface area (Å²) in [4.78, 5) is 9.48. The summed E-state index contributed by atoms with van der Waals surface area (Å²) in [5.74, 6) is 1.10. The second-order valence-corrected chi connectivity index (χ2v) is 5.45. The summed E-state index contributed by atoms with van der Waals surface area (Å²) in [6, 6.07) is 19.5. The molecule has 2 aliphatic rings. The van der Waals surface area contributed by atoms with Crippen LogP contribution < -0.4 is 9.80 Å². The summed E-state index contributed by atoms with van der Waals surface area (Å²) in [5.41, 5.74) is 3.86. The lowest BCUT2D eigenvalue weighted by Crippen LogP contribution is -2.35. The molecule has 0 N–H and O–H groups in total. The van der Waals surface area contributed by atoms with Crippen molar-refractivity contribution in [1.82, 2.24) is 0 Å². The van der Waals surface area contributed by atoms with Crippen LogP contribution in [-0.2, 0) is 6.54 Å². The van der Waals surface area contributed by atoms with Gasteiger partial charge in [0.25, 0.3) is 0 Å². The molecule has 100 valence electrons. The molecule has 4 rings (SSSR count). The second kappa shape index (κ2) is 4.37.